The van der Waals surface area contributed by atoms with Gasteiger partial charge in [-0.3, -0.25) is 4.98 Å². The first-order valence-corrected chi connectivity index (χ1v) is 6.80. The number of pyridine rings is 1. The minimum Gasteiger partial charge on any atom is -0.487 e. The zero-order valence-electron chi connectivity index (χ0n) is 10.4. The van der Waals surface area contributed by atoms with E-state index >= 15 is 0 Å². The third-order valence-electron chi connectivity index (χ3n) is 2.48. The second-order valence-corrected chi connectivity index (χ2v) is 4.49. The molecular weight excluding hydrogens is 283 g/mol. The number of benzene rings is 1. The first-order valence-electron chi connectivity index (χ1n) is 5.78. The van der Waals surface area contributed by atoms with E-state index in [4.69, 9.17) is 9.63 Å². The Morgan fingerprint density at radius 2 is 2.10 bits per heavy atom. The van der Waals surface area contributed by atoms with E-state index in [1.165, 1.54) is 30.1 Å². The standard InChI is InChI=1S/C14H12F2NO2P/c15-11-2-3-12(17-8-11)9-19-13-4-1-10(5-6-20-18)14(16)7-13/h1-8,18,20H,9H2/b6-5+. The summed E-state index contributed by atoms with van der Waals surface area (Å²) >= 11 is 0. The number of nitrogens with zero attached hydrogens (tertiary/aromatic N) is 1. The highest BCUT2D eigenvalue weighted by Crippen LogP contribution is 2.20. The van der Waals surface area contributed by atoms with Gasteiger partial charge in [-0.25, -0.2) is 8.78 Å². The van der Waals surface area contributed by atoms with Gasteiger partial charge in [0.1, 0.15) is 24.0 Å². The summed E-state index contributed by atoms with van der Waals surface area (Å²) in [5.74, 6) is 0.975. The molecule has 1 atom stereocenters. The summed E-state index contributed by atoms with van der Waals surface area (Å²) in [6.07, 6.45) is 2.60. The summed E-state index contributed by atoms with van der Waals surface area (Å²) in [4.78, 5) is 12.5. The fourth-order valence-electron chi connectivity index (χ4n) is 1.51. The second kappa shape index (κ2) is 7.08. The van der Waals surface area contributed by atoms with Crippen LogP contribution in [-0.2, 0) is 6.61 Å². The molecule has 0 aliphatic rings. The molecule has 1 aromatic carbocycles. The highest BCUT2D eigenvalue weighted by atomic mass is 31.1. The van der Waals surface area contributed by atoms with Crippen LogP contribution in [0, 0.1) is 11.6 Å². The Morgan fingerprint density at radius 3 is 2.75 bits per heavy atom. The molecule has 0 saturated heterocycles. The highest BCUT2D eigenvalue weighted by Gasteiger charge is 2.03. The minimum atomic E-state index is -0.441. The molecule has 0 amide bonds. The number of halogens is 2. The first kappa shape index (κ1) is 14.6. The molecule has 0 aliphatic heterocycles. The van der Waals surface area contributed by atoms with Gasteiger partial charge in [-0.1, -0.05) is 0 Å². The molecule has 0 spiro atoms. The Balaban J connectivity index is 2.01. The average Bonchev–Trinajstić information content (AvgIpc) is 2.46. The van der Waals surface area contributed by atoms with Gasteiger partial charge in [0.25, 0.3) is 0 Å². The van der Waals surface area contributed by atoms with Gasteiger partial charge in [0.15, 0.2) is 0 Å². The Kier molecular flexibility index (Phi) is 5.16. The normalized spacial score (nSPS) is 11.6. The highest BCUT2D eigenvalue weighted by molar-refractivity contribution is 7.35. The fourth-order valence-corrected chi connectivity index (χ4v) is 1.76. The lowest BCUT2D eigenvalue weighted by Gasteiger charge is -2.06. The molecule has 1 heterocycles. The molecule has 0 radical (unpaired) electrons. The second-order valence-electron chi connectivity index (χ2n) is 3.90. The van der Waals surface area contributed by atoms with Gasteiger partial charge in [0, 0.05) is 20.4 Å². The van der Waals surface area contributed by atoms with Gasteiger partial charge >= 0.3 is 0 Å². The van der Waals surface area contributed by atoms with Gasteiger partial charge in [-0.15, -0.1) is 0 Å². The molecule has 0 fully saturated rings. The Morgan fingerprint density at radius 1 is 1.25 bits per heavy atom. The summed E-state index contributed by atoms with van der Waals surface area (Å²) in [5, 5.41) is 0. The van der Waals surface area contributed by atoms with Crippen molar-refractivity contribution in [3.05, 3.63) is 65.2 Å². The molecule has 0 aliphatic carbocycles. The van der Waals surface area contributed by atoms with Crippen LogP contribution < -0.4 is 4.74 Å². The van der Waals surface area contributed by atoms with Crippen molar-refractivity contribution in [1.29, 1.82) is 0 Å². The SMILES string of the molecule is OP/C=C/c1ccc(OCc2ccc(F)cn2)cc1F. The number of ether oxygens (including phenoxy) is 1. The summed E-state index contributed by atoms with van der Waals surface area (Å²) in [7, 11) is -0.360. The molecule has 104 valence electrons. The van der Waals surface area contributed by atoms with Crippen LogP contribution in [0.4, 0.5) is 8.78 Å². The van der Waals surface area contributed by atoms with Crippen LogP contribution in [0.5, 0.6) is 5.75 Å². The van der Waals surface area contributed by atoms with Gasteiger partial charge in [-0.05, 0) is 36.2 Å². The monoisotopic (exact) mass is 295 g/mol. The van der Waals surface area contributed by atoms with Gasteiger partial charge < -0.3 is 9.63 Å². The van der Waals surface area contributed by atoms with Crippen molar-refractivity contribution in [2.45, 2.75) is 6.61 Å². The van der Waals surface area contributed by atoms with Crippen LogP contribution >= 0.6 is 8.81 Å². The zero-order valence-corrected chi connectivity index (χ0v) is 11.4. The molecule has 2 rings (SSSR count). The zero-order chi connectivity index (χ0) is 14.4. The number of aromatic nitrogens is 1. The maximum atomic E-state index is 13.7. The number of hydrogen-bond acceptors (Lipinski definition) is 3. The maximum absolute atomic E-state index is 13.7. The topological polar surface area (TPSA) is 42.4 Å². The number of hydrogen-bond donors (Lipinski definition) is 1. The van der Waals surface area contributed by atoms with E-state index in [1.807, 2.05) is 0 Å². The molecule has 20 heavy (non-hydrogen) atoms. The van der Waals surface area contributed by atoms with Crippen molar-refractivity contribution in [3.63, 3.8) is 0 Å². The summed E-state index contributed by atoms with van der Waals surface area (Å²) in [6, 6.07) is 7.22. The smallest absolute Gasteiger partial charge is 0.141 e. The van der Waals surface area contributed by atoms with Crippen LogP contribution in [0.3, 0.4) is 0 Å². The molecule has 1 unspecified atom stereocenters. The van der Waals surface area contributed by atoms with E-state index in [-0.39, 0.29) is 15.4 Å². The Labute approximate surface area is 116 Å². The average molecular weight is 295 g/mol. The van der Waals surface area contributed by atoms with Crippen LogP contribution in [0.25, 0.3) is 6.08 Å². The lowest BCUT2D eigenvalue weighted by atomic mass is 10.2. The predicted octanol–water partition coefficient (Wildman–Crippen LogP) is 3.50. The maximum Gasteiger partial charge on any atom is 0.141 e. The van der Waals surface area contributed by atoms with Crippen molar-refractivity contribution >= 4 is 14.9 Å². The number of rotatable bonds is 5. The van der Waals surface area contributed by atoms with Crippen molar-refractivity contribution in [2.24, 2.45) is 0 Å². The van der Waals surface area contributed by atoms with Crippen molar-refractivity contribution in [3.8, 4) is 5.75 Å². The Bertz CT molecular complexity index is 603. The lowest BCUT2D eigenvalue weighted by Crippen LogP contribution is -1.99. The molecule has 6 heteroatoms. The molecule has 2 aromatic rings. The first-order chi connectivity index (χ1) is 9.69. The van der Waals surface area contributed by atoms with E-state index in [1.54, 1.807) is 12.1 Å². The summed E-state index contributed by atoms with van der Waals surface area (Å²) < 4.78 is 31.7. The minimum absolute atomic E-state index is 0.132. The van der Waals surface area contributed by atoms with Crippen LogP contribution in [0.1, 0.15) is 11.3 Å². The van der Waals surface area contributed by atoms with E-state index in [0.29, 0.717) is 17.0 Å². The largest absolute Gasteiger partial charge is 0.487 e. The fraction of sp³-hybridized carbons (Fsp3) is 0.0714. The predicted molar refractivity (Wildman–Crippen MR) is 74.5 cm³/mol. The van der Waals surface area contributed by atoms with E-state index in [9.17, 15) is 8.78 Å². The van der Waals surface area contributed by atoms with Crippen molar-refractivity contribution in [2.75, 3.05) is 0 Å². The third-order valence-corrected chi connectivity index (χ3v) is 2.80. The van der Waals surface area contributed by atoms with Gasteiger partial charge in [0.2, 0.25) is 0 Å². The summed E-state index contributed by atoms with van der Waals surface area (Å²) in [5.41, 5.74) is 0.927. The molecule has 1 N–H and O–H groups in total. The van der Waals surface area contributed by atoms with Crippen LogP contribution in [0.2, 0.25) is 0 Å². The third kappa shape index (κ3) is 4.08. The van der Waals surface area contributed by atoms with Gasteiger partial charge in [0.05, 0.1) is 11.9 Å². The molecule has 3 nitrogen and oxygen atoms in total. The van der Waals surface area contributed by atoms with Crippen molar-refractivity contribution in [1.82, 2.24) is 4.98 Å². The molecule has 0 saturated carbocycles. The molecule has 0 bridgehead atoms. The Hall–Kier alpha value is -1.84. The quantitative estimate of drug-likeness (QED) is 0.859. The van der Waals surface area contributed by atoms with E-state index < -0.39 is 11.6 Å². The van der Waals surface area contributed by atoms with Crippen LogP contribution in [-0.4, -0.2) is 9.88 Å². The lowest BCUT2D eigenvalue weighted by molar-refractivity contribution is 0.299. The van der Waals surface area contributed by atoms with Crippen LogP contribution in [0.15, 0.2) is 42.3 Å². The van der Waals surface area contributed by atoms with E-state index in [2.05, 4.69) is 4.98 Å². The van der Waals surface area contributed by atoms with Crippen molar-refractivity contribution < 1.29 is 18.4 Å². The van der Waals surface area contributed by atoms with Gasteiger partial charge in [-0.2, -0.15) is 0 Å². The molecular formula is C14H12F2NO2P. The summed E-state index contributed by atoms with van der Waals surface area (Å²) in [6.45, 7) is 0.132. The van der Waals surface area contributed by atoms with E-state index in [0.717, 1.165) is 6.20 Å². The molecule has 1 aromatic heterocycles.